The number of rotatable bonds is 7. The third-order valence-corrected chi connectivity index (χ3v) is 1.86. The maximum atomic E-state index is 13.5. The Labute approximate surface area is 101 Å². The molecule has 0 bridgehead atoms. The third-order valence-electron chi connectivity index (χ3n) is 1.86. The topological polar surface area (TPSA) is 35.5 Å². The van der Waals surface area contributed by atoms with Crippen molar-refractivity contribution in [3.63, 3.8) is 0 Å². The van der Waals surface area contributed by atoms with Crippen LogP contribution in [0.4, 0.5) is 22.0 Å². The van der Waals surface area contributed by atoms with Gasteiger partial charge in [-0.3, -0.25) is 0 Å². The predicted octanol–water partition coefficient (Wildman–Crippen LogP) is 3.06. The zero-order valence-corrected chi connectivity index (χ0v) is 9.65. The van der Waals surface area contributed by atoms with E-state index in [2.05, 4.69) is 16.1 Å². The molecular formula is C10H13F5O3. The molecule has 0 spiro atoms. The number of esters is 1. The lowest BCUT2D eigenvalue weighted by atomic mass is 10.3. The lowest BCUT2D eigenvalue weighted by Crippen LogP contribution is -2.48. The van der Waals surface area contributed by atoms with E-state index in [0.717, 1.165) is 0 Å². The van der Waals surface area contributed by atoms with Gasteiger partial charge in [0.25, 0.3) is 0 Å². The molecule has 0 aromatic carbocycles. The highest BCUT2D eigenvalue weighted by Gasteiger charge is 2.58. The van der Waals surface area contributed by atoms with Crippen LogP contribution in [0.1, 0.15) is 19.8 Å². The molecule has 0 amide bonds. The summed E-state index contributed by atoms with van der Waals surface area (Å²) in [4.78, 5) is 10.6. The lowest BCUT2D eigenvalue weighted by Gasteiger charge is -2.27. The van der Waals surface area contributed by atoms with Crippen LogP contribution in [0.15, 0.2) is 12.4 Å². The molecule has 0 heterocycles. The standard InChI is InChI=1S/C10H13F5O3/c1-3-4-5-18-9(12,10(13,14)15)6-17-8(16)7(2)11/h2-6H2,1H3. The molecule has 0 aromatic heterocycles. The Morgan fingerprint density at radius 2 is 1.83 bits per heavy atom. The van der Waals surface area contributed by atoms with Gasteiger partial charge < -0.3 is 9.47 Å². The monoisotopic (exact) mass is 276 g/mol. The second kappa shape index (κ2) is 6.67. The van der Waals surface area contributed by atoms with Gasteiger partial charge in [-0.05, 0) is 6.42 Å². The smallest absolute Gasteiger partial charge is 0.452 e. The molecule has 0 aliphatic heterocycles. The predicted molar refractivity (Wildman–Crippen MR) is 52.0 cm³/mol. The van der Waals surface area contributed by atoms with Gasteiger partial charge in [-0.25, -0.2) is 4.79 Å². The van der Waals surface area contributed by atoms with Crippen molar-refractivity contribution in [2.45, 2.75) is 31.8 Å². The van der Waals surface area contributed by atoms with E-state index in [1.165, 1.54) is 0 Å². The van der Waals surface area contributed by atoms with Crippen LogP contribution in [0.3, 0.4) is 0 Å². The Morgan fingerprint density at radius 1 is 1.28 bits per heavy atom. The van der Waals surface area contributed by atoms with Crippen LogP contribution in [0.5, 0.6) is 0 Å². The molecule has 0 aliphatic rings. The van der Waals surface area contributed by atoms with Crippen LogP contribution in [-0.4, -0.2) is 31.2 Å². The van der Waals surface area contributed by atoms with E-state index in [-0.39, 0.29) is 6.42 Å². The van der Waals surface area contributed by atoms with Crippen LogP contribution in [-0.2, 0) is 14.3 Å². The maximum absolute atomic E-state index is 13.5. The fraction of sp³-hybridized carbons (Fsp3) is 0.700. The van der Waals surface area contributed by atoms with E-state index < -0.39 is 37.0 Å². The third kappa shape index (κ3) is 4.99. The summed E-state index contributed by atoms with van der Waals surface area (Å²) in [7, 11) is 0. The molecule has 1 unspecified atom stereocenters. The van der Waals surface area contributed by atoms with Gasteiger partial charge in [0.2, 0.25) is 5.83 Å². The summed E-state index contributed by atoms with van der Waals surface area (Å²) in [5.41, 5.74) is 0. The molecule has 0 saturated heterocycles. The van der Waals surface area contributed by atoms with Crippen LogP contribution in [0.25, 0.3) is 0 Å². The first-order chi connectivity index (χ1) is 8.14. The quantitative estimate of drug-likeness (QED) is 0.310. The van der Waals surface area contributed by atoms with Crippen molar-refractivity contribution in [2.24, 2.45) is 0 Å². The van der Waals surface area contributed by atoms with Gasteiger partial charge in [0, 0.05) is 0 Å². The Balaban J connectivity index is 4.58. The van der Waals surface area contributed by atoms with E-state index >= 15 is 0 Å². The number of unbranched alkanes of at least 4 members (excludes halogenated alkanes) is 1. The van der Waals surface area contributed by atoms with Gasteiger partial charge in [-0.15, -0.1) is 0 Å². The molecule has 0 aliphatic carbocycles. The SMILES string of the molecule is C=C(F)C(=O)OCC(F)(OCCCC)C(F)(F)F. The van der Waals surface area contributed by atoms with Gasteiger partial charge in [-0.1, -0.05) is 19.9 Å². The minimum absolute atomic E-state index is 0.200. The number of carbonyl (C=O) groups excluding carboxylic acids is 1. The van der Waals surface area contributed by atoms with Gasteiger partial charge in [0.05, 0.1) is 6.61 Å². The summed E-state index contributed by atoms with van der Waals surface area (Å²) in [6.45, 7) is 1.90. The minimum Gasteiger partial charge on any atom is -0.454 e. The van der Waals surface area contributed by atoms with Crippen molar-refractivity contribution in [2.75, 3.05) is 13.2 Å². The average Bonchev–Trinajstić information content (AvgIpc) is 2.24. The first-order valence-corrected chi connectivity index (χ1v) is 5.05. The maximum Gasteiger partial charge on any atom is 0.452 e. The molecular weight excluding hydrogens is 263 g/mol. The number of hydrogen-bond donors (Lipinski definition) is 0. The van der Waals surface area contributed by atoms with Gasteiger partial charge in [0.15, 0.2) is 6.61 Å². The largest absolute Gasteiger partial charge is 0.454 e. The molecule has 0 radical (unpaired) electrons. The molecule has 1 atom stereocenters. The summed E-state index contributed by atoms with van der Waals surface area (Å²) >= 11 is 0. The first kappa shape index (κ1) is 16.8. The highest BCUT2D eigenvalue weighted by molar-refractivity contribution is 5.85. The van der Waals surface area contributed by atoms with E-state index in [1.54, 1.807) is 6.92 Å². The molecule has 0 saturated carbocycles. The van der Waals surface area contributed by atoms with Crippen molar-refractivity contribution in [1.82, 2.24) is 0 Å². The summed E-state index contributed by atoms with van der Waals surface area (Å²) in [6.07, 6.45) is -4.70. The van der Waals surface area contributed by atoms with E-state index in [1.807, 2.05) is 0 Å². The van der Waals surface area contributed by atoms with E-state index in [9.17, 15) is 26.7 Å². The molecule has 0 fully saturated rings. The summed E-state index contributed by atoms with van der Waals surface area (Å²) < 4.78 is 70.6. The second-order valence-corrected chi connectivity index (χ2v) is 3.41. The fourth-order valence-electron chi connectivity index (χ4n) is 0.820. The minimum atomic E-state index is -5.39. The van der Waals surface area contributed by atoms with Gasteiger partial charge in [-0.2, -0.15) is 22.0 Å². The number of ether oxygens (including phenoxy) is 2. The molecule has 18 heavy (non-hydrogen) atoms. The Bertz CT molecular complexity index is 302. The van der Waals surface area contributed by atoms with Crippen LogP contribution in [0.2, 0.25) is 0 Å². The summed E-state index contributed by atoms with van der Waals surface area (Å²) in [5.74, 6) is -7.53. The molecule has 0 N–H and O–H groups in total. The molecule has 0 aromatic rings. The molecule has 3 nitrogen and oxygen atoms in total. The number of hydrogen-bond acceptors (Lipinski definition) is 3. The highest BCUT2D eigenvalue weighted by Crippen LogP contribution is 2.35. The summed E-state index contributed by atoms with van der Waals surface area (Å²) in [6, 6.07) is 0. The van der Waals surface area contributed by atoms with Gasteiger partial charge >= 0.3 is 18.0 Å². The van der Waals surface area contributed by atoms with Crippen molar-refractivity contribution < 1.29 is 36.2 Å². The van der Waals surface area contributed by atoms with Crippen LogP contribution < -0.4 is 0 Å². The number of alkyl halides is 4. The van der Waals surface area contributed by atoms with Crippen LogP contribution in [0, 0.1) is 0 Å². The number of halogens is 5. The fourth-order valence-corrected chi connectivity index (χ4v) is 0.820. The lowest BCUT2D eigenvalue weighted by molar-refractivity contribution is -0.343. The second-order valence-electron chi connectivity index (χ2n) is 3.41. The molecule has 8 heteroatoms. The highest BCUT2D eigenvalue weighted by atomic mass is 19.4. The Hall–Kier alpha value is -1.18. The molecule has 106 valence electrons. The van der Waals surface area contributed by atoms with E-state index in [0.29, 0.717) is 6.42 Å². The van der Waals surface area contributed by atoms with Gasteiger partial charge in [0.1, 0.15) is 0 Å². The zero-order valence-electron chi connectivity index (χ0n) is 9.65. The average molecular weight is 276 g/mol. The normalized spacial score (nSPS) is 15.0. The Morgan fingerprint density at radius 3 is 2.22 bits per heavy atom. The van der Waals surface area contributed by atoms with E-state index in [4.69, 9.17) is 0 Å². The molecule has 0 rings (SSSR count). The van der Waals surface area contributed by atoms with Crippen molar-refractivity contribution in [1.29, 1.82) is 0 Å². The van der Waals surface area contributed by atoms with Crippen LogP contribution >= 0.6 is 0 Å². The number of carbonyl (C=O) groups is 1. The van der Waals surface area contributed by atoms with Crippen molar-refractivity contribution in [3.05, 3.63) is 12.4 Å². The zero-order chi connectivity index (χ0) is 14.4. The summed E-state index contributed by atoms with van der Waals surface area (Å²) in [5, 5.41) is 0. The van der Waals surface area contributed by atoms with Crippen molar-refractivity contribution in [3.8, 4) is 0 Å². The first-order valence-electron chi connectivity index (χ1n) is 5.05. The Kier molecular flexibility index (Phi) is 6.23. The van der Waals surface area contributed by atoms with Crippen molar-refractivity contribution >= 4 is 5.97 Å².